The highest BCUT2D eigenvalue weighted by Gasteiger charge is 2.18. The van der Waals surface area contributed by atoms with Gasteiger partial charge in [0.1, 0.15) is 0 Å². The number of piperidine rings is 1. The molecule has 20 heavy (non-hydrogen) atoms. The summed E-state index contributed by atoms with van der Waals surface area (Å²) in [5.74, 6) is 0. The largest absolute Gasteiger partial charge is 0.382 e. The molecule has 0 bridgehead atoms. The zero-order chi connectivity index (χ0) is 14.4. The first-order valence-electron chi connectivity index (χ1n) is 7.30. The van der Waals surface area contributed by atoms with Crippen LogP contribution in [0.5, 0.6) is 0 Å². The fourth-order valence-corrected chi connectivity index (χ4v) is 2.49. The molecule has 0 amide bonds. The lowest BCUT2D eigenvalue weighted by molar-refractivity contribution is 0.240. The smallest absolute Gasteiger partial charge is 0.0992 e. The number of allylic oxidation sites excluding steroid dienone is 1. The van der Waals surface area contributed by atoms with Gasteiger partial charge in [0.05, 0.1) is 11.6 Å². The number of benzene rings is 1. The molecule has 3 heteroatoms. The summed E-state index contributed by atoms with van der Waals surface area (Å²) >= 11 is 0. The second kappa shape index (κ2) is 7.12. The minimum atomic E-state index is 0.520. The van der Waals surface area contributed by atoms with Crippen molar-refractivity contribution in [2.24, 2.45) is 0 Å². The number of nitriles is 1. The topological polar surface area (TPSA) is 39.1 Å². The van der Waals surface area contributed by atoms with Crippen molar-refractivity contribution in [1.82, 2.24) is 4.90 Å². The average Bonchev–Trinajstić information content (AvgIpc) is 2.47. The Bertz CT molecular complexity index is 501. The maximum atomic E-state index is 8.92. The zero-order valence-corrected chi connectivity index (χ0v) is 12.4. The van der Waals surface area contributed by atoms with Gasteiger partial charge in [0.2, 0.25) is 0 Å². The molecule has 1 aromatic carbocycles. The van der Waals surface area contributed by atoms with Crippen molar-refractivity contribution >= 4 is 5.69 Å². The monoisotopic (exact) mass is 269 g/mol. The fraction of sp³-hybridized carbons (Fsp3) is 0.471. The van der Waals surface area contributed by atoms with E-state index in [-0.39, 0.29) is 0 Å². The second-order valence-electron chi connectivity index (χ2n) is 5.69. The molecule has 0 spiro atoms. The minimum absolute atomic E-state index is 0.520. The molecule has 1 N–H and O–H groups in total. The minimum Gasteiger partial charge on any atom is -0.382 e. The summed E-state index contributed by atoms with van der Waals surface area (Å²) in [6.45, 7) is 7.64. The van der Waals surface area contributed by atoms with Crippen LogP contribution in [0.4, 0.5) is 5.69 Å². The van der Waals surface area contributed by atoms with Crippen LogP contribution >= 0.6 is 0 Å². The first-order valence-corrected chi connectivity index (χ1v) is 7.30. The summed E-state index contributed by atoms with van der Waals surface area (Å²) in [5, 5.41) is 12.5. The van der Waals surface area contributed by atoms with E-state index in [1.165, 1.54) is 5.57 Å². The van der Waals surface area contributed by atoms with Gasteiger partial charge in [-0.2, -0.15) is 5.26 Å². The van der Waals surface area contributed by atoms with E-state index in [1.807, 2.05) is 24.3 Å². The third-order valence-electron chi connectivity index (χ3n) is 3.71. The molecule has 1 aliphatic heterocycles. The van der Waals surface area contributed by atoms with Crippen LogP contribution in [0.15, 0.2) is 35.9 Å². The summed E-state index contributed by atoms with van der Waals surface area (Å²) < 4.78 is 0. The Kier molecular flexibility index (Phi) is 5.20. The van der Waals surface area contributed by atoms with Crippen LogP contribution in [0.1, 0.15) is 32.3 Å². The summed E-state index contributed by atoms with van der Waals surface area (Å²) in [6, 6.07) is 10.4. The van der Waals surface area contributed by atoms with E-state index >= 15 is 0 Å². The van der Waals surface area contributed by atoms with Gasteiger partial charge in [-0.1, -0.05) is 17.7 Å². The number of hydrogen-bond donors (Lipinski definition) is 1. The highest BCUT2D eigenvalue weighted by atomic mass is 15.1. The van der Waals surface area contributed by atoms with Crippen molar-refractivity contribution in [1.29, 1.82) is 5.26 Å². The average molecular weight is 269 g/mol. The lowest BCUT2D eigenvalue weighted by Gasteiger charge is -2.32. The van der Waals surface area contributed by atoms with E-state index in [0.717, 1.165) is 43.7 Å². The van der Waals surface area contributed by atoms with Crippen molar-refractivity contribution in [3.05, 3.63) is 41.5 Å². The Morgan fingerprint density at radius 3 is 2.80 bits per heavy atom. The van der Waals surface area contributed by atoms with Crippen molar-refractivity contribution in [2.75, 3.05) is 25.0 Å². The van der Waals surface area contributed by atoms with Gasteiger partial charge >= 0.3 is 0 Å². The van der Waals surface area contributed by atoms with Crippen LogP contribution in [-0.4, -0.2) is 30.6 Å². The summed E-state index contributed by atoms with van der Waals surface area (Å²) in [7, 11) is 0. The van der Waals surface area contributed by atoms with Crippen LogP contribution in [0, 0.1) is 11.3 Å². The molecular weight excluding hydrogens is 246 g/mol. The predicted molar refractivity (Wildman–Crippen MR) is 83.7 cm³/mol. The van der Waals surface area contributed by atoms with Gasteiger partial charge in [0.25, 0.3) is 0 Å². The molecule has 1 aliphatic rings. The third-order valence-corrected chi connectivity index (χ3v) is 3.71. The van der Waals surface area contributed by atoms with Crippen molar-refractivity contribution in [3.8, 4) is 6.07 Å². The van der Waals surface area contributed by atoms with E-state index in [9.17, 15) is 0 Å². The maximum absolute atomic E-state index is 8.92. The molecule has 1 aromatic rings. The number of nitrogens with one attached hydrogen (secondary N) is 1. The number of hydrogen-bond acceptors (Lipinski definition) is 3. The molecular formula is C17H23N3. The fourth-order valence-electron chi connectivity index (χ4n) is 2.49. The standard InChI is InChI=1S/C17H23N3/c1-14(2)6-9-20-10-7-16(8-11-20)19-17-5-3-4-15(12-17)13-18/h3-6,12,16,19H,7-11H2,1-2H3. The highest BCUT2D eigenvalue weighted by Crippen LogP contribution is 2.17. The van der Waals surface area contributed by atoms with E-state index < -0.39 is 0 Å². The van der Waals surface area contributed by atoms with Crippen molar-refractivity contribution in [3.63, 3.8) is 0 Å². The van der Waals surface area contributed by atoms with Crippen LogP contribution in [-0.2, 0) is 0 Å². The summed E-state index contributed by atoms with van der Waals surface area (Å²) in [6.07, 6.45) is 4.62. The lowest BCUT2D eigenvalue weighted by Crippen LogP contribution is -2.39. The number of nitrogens with zero attached hydrogens (tertiary/aromatic N) is 2. The molecule has 106 valence electrons. The number of rotatable bonds is 4. The van der Waals surface area contributed by atoms with Crippen molar-refractivity contribution in [2.45, 2.75) is 32.7 Å². The zero-order valence-electron chi connectivity index (χ0n) is 12.4. The Morgan fingerprint density at radius 2 is 2.15 bits per heavy atom. The van der Waals surface area contributed by atoms with Crippen LogP contribution in [0.25, 0.3) is 0 Å². The molecule has 0 radical (unpaired) electrons. The Labute approximate surface area is 121 Å². The van der Waals surface area contributed by atoms with E-state index in [4.69, 9.17) is 5.26 Å². The molecule has 0 atom stereocenters. The van der Waals surface area contributed by atoms with E-state index in [0.29, 0.717) is 6.04 Å². The quantitative estimate of drug-likeness (QED) is 0.851. The molecule has 0 aromatic heterocycles. The SMILES string of the molecule is CC(C)=CCN1CCC(Nc2cccc(C#N)c2)CC1. The Balaban J connectivity index is 1.82. The van der Waals surface area contributed by atoms with Gasteiger partial charge in [0, 0.05) is 31.4 Å². The highest BCUT2D eigenvalue weighted by molar-refractivity contribution is 5.49. The maximum Gasteiger partial charge on any atom is 0.0992 e. The molecule has 3 nitrogen and oxygen atoms in total. The van der Waals surface area contributed by atoms with Gasteiger partial charge in [0.15, 0.2) is 0 Å². The third kappa shape index (κ3) is 4.40. The van der Waals surface area contributed by atoms with Gasteiger partial charge in [-0.3, -0.25) is 4.90 Å². The van der Waals surface area contributed by atoms with Gasteiger partial charge < -0.3 is 5.32 Å². The number of likely N-dealkylation sites (tertiary alicyclic amines) is 1. The molecule has 1 fully saturated rings. The van der Waals surface area contributed by atoms with Gasteiger partial charge in [-0.05, 0) is 44.9 Å². The second-order valence-corrected chi connectivity index (χ2v) is 5.69. The Hall–Kier alpha value is -1.79. The van der Waals surface area contributed by atoms with Crippen LogP contribution in [0.2, 0.25) is 0 Å². The van der Waals surface area contributed by atoms with Crippen LogP contribution < -0.4 is 5.32 Å². The molecule has 0 saturated carbocycles. The lowest BCUT2D eigenvalue weighted by atomic mass is 10.0. The van der Waals surface area contributed by atoms with Gasteiger partial charge in [-0.25, -0.2) is 0 Å². The Morgan fingerprint density at radius 1 is 1.40 bits per heavy atom. The first kappa shape index (κ1) is 14.6. The molecule has 1 saturated heterocycles. The first-order chi connectivity index (χ1) is 9.67. The molecule has 0 aliphatic carbocycles. The summed E-state index contributed by atoms with van der Waals surface area (Å²) in [5.41, 5.74) is 3.17. The molecule has 1 heterocycles. The van der Waals surface area contributed by atoms with Crippen LogP contribution in [0.3, 0.4) is 0 Å². The van der Waals surface area contributed by atoms with Crippen molar-refractivity contribution < 1.29 is 0 Å². The summed E-state index contributed by atoms with van der Waals surface area (Å²) in [4.78, 5) is 2.50. The van der Waals surface area contributed by atoms with E-state index in [2.05, 4.69) is 36.2 Å². The van der Waals surface area contributed by atoms with E-state index in [1.54, 1.807) is 0 Å². The molecule has 0 unspecified atom stereocenters. The van der Waals surface area contributed by atoms with Gasteiger partial charge in [-0.15, -0.1) is 0 Å². The predicted octanol–water partition coefficient (Wildman–Crippen LogP) is 3.40. The normalized spacial score (nSPS) is 16.4. The number of anilines is 1. The molecule has 2 rings (SSSR count).